The van der Waals surface area contributed by atoms with Crippen LogP contribution in [0.15, 0.2) is 42.5 Å². The molecule has 1 aromatic carbocycles. The fourth-order valence-corrected chi connectivity index (χ4v) is 3.55. The topological polar surface area (TPSA) is 183 Å². The standard InChI is InChI=1S/C25H32N6O7/c1-3-26-20(33)14-29-25(38)18(12-17-7-5-4-6-8-17)30-22(35)15-28-21(34)13-27-19(32)11-16(2)31-23(36)9-10-24(31)37/h4-10,16,18H,3,11-15H2,1-2H3,(H,26,33)(H,27,32)(H,28,34)(H,29,38)(H,30,35). The van der Waals surface area contributed by atoms with Crippen molar-refractivity contribution in [2.24, 2.45) is 0 Å². The molecule has 2 unspecified atom stereocenters. The zero-order chi connectivity index (χ0) is 28.1. The molecule has 13 heteroatoms. The monoisotopic (exact) mass is 528 g/mol. The van der Waals surface area contributed by atoms with Gasteiger partial charge in [0.2, 0.25) is 29.5 Å². The van der Waals surface area contributed by atoms with Gasteiger partial charge in [-0.25, -0.2) is 0 Å². The lowest BCUT2D eigenvalue weighted by molar-refractivity contribution is -0.140. The maximum absolute atomic E-state index is 12.6. The number of carbonyl (C=O) groups excluding carboxylic acids is 7. The molecule has 0 bridgehead atoms. The van der Waals surface area contributed by atoms with Crippen molar-refractivity contribution < 1.29 is 33.6 Å². The quantitative estimate of drug-likeness (QED) is 0.171. The third-order valence-corrected chi connectivity index (χ3v) is 5.39. The summed E-state index contributed by atoms with van der Waals surface area (Å²) in [6, 6.07) is 7.26. The van der Waals surface area contributed by atoms with Gasteiger partial charge in [-0.1, -0.05) is 30.3 Å². The zero-order valence-electron chi connectivity index (χ0n) is 21.2. The van der Waals surface area contributed by atoms with Crippen molar-refractivity contribution in [1.82, 2.24) is 31.5 Å². The van der Waals surface area contributed by atoms with Crippen molar-refractivity contribution in [2.75, 3.05) is 26.2 Å². The predicted molar refractivity (Wildman–Crippen MR) is 135 cm³/mol. The molecule has 2 rings (SSSR count). The number of imide groups is 1. The van der Waals surface area contributed by atoms with Gasteiger partial charge in [0.05, 0.1) is 19.6 Å². The number of rotatable bonds is 14. The van der Waals surface area contributed by atoms with E-state index in [0.29, 0.717) is 6.54 Å². The van der Waals surface area contributed by atoms with Gasteiger partial charge >= 0.3 is 0 Å². The van der Waals surface area contributed by atoms with E-state index in [0.717, 1.165) is 22.6 Å². The van der Waals surface area contributed by atoms with Crippen LogP contribution >= 0.6 is 0 Å². The van der Waals surface area contributed by atoms with E-state index in [9.17, 15) is 33.6 Å². The summed E-state index contributed by atoms with van der Waals surface area (Å²) in [5.41, 5.74) is 0.778. The Morgan fingerprint density at radius 3 is 1.95 bits per heavy atom. The Kier molecular flexibility index (Phi) is 11.6. The van der Waals surface area contributed by atoms with Gasteiger partial charge in [0.25, 0.3) is 11.8 Å². The van der Waals surface area contributed by atoms with Crippen molar-refractivity contribution >= 4 is 41.4 Å². The SMILES string of the molecule is CCNC(=O)CNC(=O)C(Cc1ccccc1)NC(=O)CNC(=O)CNC(=O)CC(C)N1C(=O)C=CC1=O. The van der Waals surface area contributed by atoms with Crippen LogP contribution in [0.25, 0.3) is 0 Å². The second-order valence-corrected chi connectivity index (χ2v) is 8.47. The van der Waals surface area contributed by atoms with Gasteiger partial charge < -0.3 is 26.6 Å². The molecule has 38 heavy (non-hydrogen) atoms. The number of benzene rings is 1. The van der Waals surface area contributed by atoms with Crippen LogP contribution in [-0.4, -0.2) is 84.5 Å². The Morgan fingerprint density at radius 2 is 1.32 bits per heavy atom. The summed E-state index contributed by atoms with van der Waals surface area (Å²) in [7, 11) is 0. The molecular formula is C25H32N6O7. The lowest BCUT2D eigenvalue weighted by Crippen LogP contribution is -2.52. The first-order valence-corrected chi connectivity index (χ1v) is 12.1. The molecule has 0 fully saturated rings. The number of nitrogens with zero attached hydrogens (tertiary/aromatic N) is 1. The van der Waals surface area contributed by atoms with Crippen LogP contribution < -0.4 is 26.6 Å². The fraction of sp³-hybridized carbons (Fsp3) is 0.400. The number of hydrogen-bond donors (Lipinski definition) is 5. The molecule has 0 aliphatic carbocycles. The van der Waals surface area contributed by atoms with Crippen molar-refractivity contribution in [3.63, 3.8) is 0 Å². The molecule has 5 N–H and O–H groups in total. The molecule has 1 heterocycles. The Hall–Kier alpha value is -4.55. The van der Waals surface area contributed by atoms with Crippen molar-refractivity contribution in [1.29, 1.82) is 0 Å². The average Bonchev–Trinajstić information content (AvgIpc) is 3.22. The number of carbonyl (C=O) groups is 7. The summed E-state index contributed by atoms with van der Waals surface area (Å²) in [6.07, 6.45) is 2.20. The Bertz CT molecular complexity index is 1070. The van der Waals surface area contributed by atoms with Crippen LogP contribution in [0.4, 0.5) is 0 Å². The summed E-state index contributed by atoms with van der Waals surface area (Å²) in [5, 5.41) is 12.3. The van der Waals surface area contributed by atoms with Crippen molar-refractivity contribution in [2.45, 2.75) is 38.8 Å². The van der Waals surface area contributed by atoms with E-state index < -0.39 is 60.6 Å². The zero-order valence-corrected chi connectivity index (χ0v) is 21.2. The summed E-state index contributed by atoms with van der Waals surface area (Å²) in [5.74, 6) is -3.82. The summed E-state index contributed by atoms with van der Waals surface area (Å²) in [4.78, 5) is 85.2. The highest BCUT2D eigenvalue weighted by molar-refractivity contribution is 6.13. The first-order chi connectivity index (χ1) is 18.1. The van der Waals surface area contributed by atoms with Gasteiger partial charge in [-0.15, -0.1) is 0 Å². The molecule has 0 aromatic heterocycles. The summed E-state index contributed by atoms with van der Waals surface area (Å²) in [6.45, 7) is 2.55. The number of likely N-dealkylation sites (N-methyl/N-ethyl adjacent to an activating group) is 1. The van der Waals surface area contributed by atoms with Gasteiger partial charge in [-0.3, -0.25) is 38.5 Å². The highest BCUT2D eigenvalue weighted by atomic mass is 16.2. The third-order valence-electron chi connectivity index (χ3n) is 5.39. The lowest BCUT2D eigenvalue weighted by Gasteiger charge is -2.21. The van der Waals surface area contributed by atoms with Gasteiger partial charge in [-0.05, 0) is 19.4 Å². The van der Waals surface area contributed by atoms with Gasteiger partial charge in [0, 0.05) is 37.6 Å². The van der Waals surface area contributed by atoms with Crippen LogP contribution in [0.1, 0.15) is 25.8 Å². The molecule has 0 spiro atoms. The van der Waals surface area contributed by atoms with Crippen LogP contribution in [0.3, 0.4) is 0 Å². The normalized spacial score (nSPS) is 13.9. The summed E-state index contributed by atoms with van der Waals surface area (Å²) >= 11 is 0. The van der Waals surface area contributed by atoms with E-state index in [1.807, 2.05) is 6.07 Å². The van der Waals surface area contributed by atoms with Crippen molar-refractivity contribution in [3.8, 4) is 0 Å². The molecular weight excluding hydrogens is 496 g/mol. The molecule has 0 saturated heterocycles. The minimum atomic E-state index is -0.997. The highest BCUT2D eigenvalue weighted by Crippen LogP contribution is 2.11. The number of hydrogen-bond acceptors (Lipinski definition) is 7. The van der Waals surface area contributed by atoms with E-state index in [2.05, 4.69) is 26.6 Å². The van der Waals surface area contributed by atoms with E-state index in [-0.39, 0.29) is 25.3 Å². The van der Waals surface area contributed by atoms with Gasteiger partial charge in [-0.2, -0.15) is 0 Å². The second kappa shape index (κ2) is 14.9. The fourth-order valence-electron chi connectivity index (χ4n) is 3.55. The lowest BCUT2D eigenvalue weighted by atomic mass is 10.1. The molecule has 204 valence electrons. The first kappa shape index (κ1) is 29.7. The largest absolute Gasteiger partial charge is 0.355 e. The maximum atomic E-state index is 12.6. The van der Waals surface area contributed by atoms with E-state index in [1.165, 1.54) is 6.92 Å². The molecule has 2 atom stereocenters. The number of amides is 7. The molecule has 1 aliphatic heterocycles. The minimum Gasteiger partial charge on any atom is -0.355 e. The van der Waals surface area contributed by atoms with Crippen molar-refractivity contribution in [3.05, 3.63) is 48.0 Å². The highest BCUT2D eigenvalue weighted by Gasteiger charge is 2.29. The van der Waals surface area contributed by atoms with Gasteiger partial charge in [0.15, 0.2) is 0 Å². The predicted octanol–water partition coefficient (Wildman–Crippen LogP) is -2.10. The smallest absolute Gasteiger partial charge is 0.253 e. The molecule has 7 amide bonds. The van der Waals surface area contributed by atoms with E-state index in [1.54, 1.807) is 31.2 Å². The Morgan fingerprint density at radius 1 is 0.763 bits per heavy atom. The minimum absolute atomic E-state index is 0.160. The molecule has 1 aromatic rings. The van der Waals surface area contributed by atoms with Crippen LogP contribution in [0, 0.1) is 0 Å². The number of nitrogens with one attached hydrogen (secondary N) is 5. The van der Waals surface area contributed by atoms with Gasteiger partial charge in [0.1, 0.15) is 6.04 Å². The van der Waals surface area contributed by atoms with Crippen LogP contribution in [-0.2, 0) is 40.0 Å². The Balaban J connectivity index is 1.80. The van der Waals surface area contributed by atoms with Crippen LogP contribution in [0.2, 0.25) is 0 Å². The summed E-state index contributed by atoms with van der Waals surface area (Å²) < 4.78 is 0. The average molecular weight is 529 g/mol. The second-order valence-electron chi connectivity index (χ2n) is 8.47. The third kappa shape index (κ3) is 9.84. The first-order valence-electron chi connectivity index (χ1n) is 12.1. The van der Waals surface area contributed by atoms with E-state index in [4.69, 9.17) is 0 Å². The molecule has 0 saturated carbocycles. The molecule has 13 nitrogen and oxygen atoms in total. The molecule has 1 aliphatic rings. The van der Waals surface area contributed by atoms with Crippen LogP contribution in [0.5, 0.6) is 0 Å². The van der Waals surface area contributed by atoms with E-state index >= 15 is 0 Å². The Labute approximate surface area is 219 Å². The maximum Gasteiger partial charge on any atom is 0.253 e. The molecule has 0 radical (unpaired) electrons.